The molecule has 0 spiro atoms. The molecule has 1 aromatic heterocycles. The Kier molecular flexibility index (Phi) is 4.57. The van der Waals surface area contributed by atoms with E-state index >= 15 is 0 Å². The smallest absolute Gasteiger partial charge is 0.146 e. The number of nitrogens with one attached hydrogen (secondary N) is 1. The van der Waals surface area contributed by atoms with E-state index in [9.17, 15) is 14.6 Å². The summed E-state index contributed by atoms with van der Waals surface area (Å²) in [6.07, 6.45) is 1.50. The number of pyridine rings is 1. The van der Waals surface area contributed by atoms with E-state index in [0.29, 0.717) is 22.5 Å². The highest BCUT2D eigenvalue weighted by Gasteiger charge is 2.12. The SMILES string of the molecule is Cc1ncc(CO)c(CNc2cc(Br)ccc2F)c1O. The summed E-state index contributed by atoms with van der Waals surface area (Å²) in [5, 5.41) is 22.2. The van der Waals surface area contributed by atoms with Gasteiger partial charge in [-0.05, 0) is 25.1 Å². The van der Waals surface area contributed by atoms with Gasteiger partial charge in [-0.3, -0.25) is 4.98 Å². The lowest BCUT2D eigenvalue weighted by Gasteiger charge is -2.13. The summed E-state index contributed by atoms with van der Waals surface area (Å²) in [5.74, 6) is -0.372. The number of aliphatic hydroxyl groups is 1. The standard InChI is InChI=1S/C14H14BrFN2O2/c1-8-14(20)11(9(7-19)5-17-8)6-18-13-4-10(15)2-3-12(13)16/h2-5,18-20H,6-7H2,1H3. The van der Waals surface area contributed by atoms with Gasteiger partial charge in [-0.25, -0.2) is 4.39 Å². The molecule has 3 N–H and O–H groups in total. The van der Waals surface area contributed by atoms with Crippen LogP contribution in [0.5, 0.6) is 5.75 Å². The molecule has 6 heteroatoms. The topological polar surface area (TPSA) is 65.4 Å². The Morgan fingerprint density at radius 2 is 2.15 bits per heavy atom. The van der Waals surface area contributed by atoms with E-state index in [2.05, 4.69) is 26.2 Å². The number of halogens is 2. The minimum atomic E-state index is -0.385. The third-order valence-electron chi connectivity index (χ3n) is 2.98. The number of aromatic hydroxyl groups is 1. The molecule has 0 amide bonds. The summed E-state index contributed by atoms with van der Waals surface area (Å²) >= 11 is 3.27. The molecule has 2 aromatic rings. The lowest BCUT2D eigenvalue weighted by molar-refractivity contribution is 0.279. The second kappa shape index (κ2) is 6.19. The van der Waals surface area contributed by atoms with Gasteiger partial charge in [0.25, 0.3) is 0 Å². The fourth-order valence-electron chi connectivity index (χ4n) is 1.83. The number of nitrogens with zero attached hydrogens (tertiary/aromatic N) is 1. The van der Waals surface area contributed by atoms with Crippen molar-refractivity contribution >= 4 is 21.6 Å². The number of aryl methyl sites for hydroxylation is 1. The van der Waals surface area contributed by atoms with E-state index in [-0.39, 0.29) is 24.7 Å². The molecule has 0 saturated heterocycles. The van der Waals surface area contributed by atoms with Crippen LogP contribution < -0.4 is 5.32 Å². The Labute approximate surface area is 124 Å². The van der Waals surface area contributed by atoms with Crippen molar-refractivity contribution in [3.05, 3.63) is 51.5 Å². The molecule has 2 rings (SSSR count). The number of rotatable bonds is 4. The zero-order chi connectivity index (χ0) is 14.7. The van der Waals surface area contributed by atoms with E-state index in [0.717, 1.165) is 4.47 Å². The number of aliphatic hydroxyl groups excluding tert-OH is 1. The average Bonchev–Trinajstić information content (AvgIpc) is 2.44. The van der Waals surface area contributed by atoms with Crippen LogP contribution in [0.15, 0.2) is 28.9 Å². The highest BCUT2D eigenvalue weighted by molar-refractivity contribution is 9.10. The summed E-state index contributed by atoms with van der Waals surface area (Å²) in [6.45, 7) is 1.62. The quantitative estimate of drug-likeness (QED) is 0.800. The Hall–Kier alpha value is -1.66. The third kappa shape index (κ3) is 3.08. The first-order valence-corrected chi connectivity index (χ1v) is 6.78. The highest BCUT2D eigenvalue weighted by atomic mass is 79.9. The summed E-state index contributed by atoms with van der Waals surface area (Å²) in [7, 11) is 0. The number of anilines is 1. The minimum absolute atomic E-state index is 0.0134. The van der Waals surface area contributed by atoms with E-state index in [1.807, 2.05) is 0 Å². The lowest BCUT2D eigenvalue weighted by Crippen LogP contribution is -2.06. The zero-order valence-electron chi connectivity index (χ0n) is 10.8. The Balaban J connectivity index is 2.27. The van der Waals surface area contributed by atoms with E-state index in [1.165, 1.54) is 12.3 Å². The molecule has 0 aliphatic rings. The number of benzene rings is 1. The molecular formula is C14H14BrFN2O2. The average molecular weight is 341 g/mol. The summed E-state index contributed by atoms with van der Waals surface area (Å²) in [5.41, 5.74) is 1.81. The van der Waals surface area contributed by atoms with Crippen LogP contribution in [0.25, 0.3) is 0 Å². The van der Waals surface area contributed by atoms with E-state index in [1.54, 1.807) is 19.1 Å². The van der Waals surface area contributed by atoms with Gasteiger partial charge in [0.2, 0.25) is 0 Å². The van der Waals surface area contributed by atoms with E-state index < -0.39 is 0 Å². The first-order chi connectivity index (χ1) is 9.52. The molecule has 0 unspecified atom stereocenters. The maximum absolute atomic E-state index is 13.6. The van der Waals surface area contributed by atoms with E-state index in [4.69, 9.17) is 0 Å². The predicted octanol–water partition coefficient (Wildman–Crippen LogP) is 3.10. The molecule has 0 aliphatic carbocycles. The van der Waals surface area contributed by atoms with Gasteiger partial charge in [-0.2, -0.15) is 0 Å². The first-order valence-electron chi connectivity index (χ1n) is 5.99. The fourth-order valence-corrected chi connectivity index (χ4v) is 2.20. The molecule has 4 nitrogen and oxygen atoms in total. The first kappa shape index (κ1) is 14.7. The van der Waals surface area contributed by atoms with Crippen molar-refractivity contribution in [3.8, 4) is 5.75 Å². The van der Waals surface area contributed by atoms with Crippen LogP contribution in [-0.4, -0.2) is 15.2 Å². The predicted molar refractivity (Wildman–Crippen MR) is 78.0 cm³/mol. The molecule has 0 radical (unpaired) electrons. The highest BCUT2D eigenvalue weighted by Crippen LogP contribution is 2.26. The van der Waals surface area contributed by atoms with Crippen molar-refractivity contribution in [1.29, 1.82) is 0 Å². The van der Waals surface area contributed by atoms with Crippen LogP contribution in [0.3, 0.4) is 0 Å². The Morgan fingerprint density at radius 3 is 2.85 bits per heavy atom. The van der Waals surface area contributed by atoms with Gasteiger partial charge in [0.1, 0.15) is 11.6 Å². The molecular weight excluding hydrogens is 327 g/mol. The van der Waals surface area contributed by atoms with Crippen molar-refractivity contribution in [2.24, 2.45) is 0 Å². The van der Waals surface area contributed by atoms with Crippen LogP contribution in [0.2, 0.25) is 0 Å². The van der Waals surface area contributed by atoms with Crippen LogP contribution in [0.1, 0.15) is 16.8 Å². The minimum Gasteiger partial charge on any atom is -0.506 e. The van der Waals surface area contributed by atoms with Gasteiger partial charge in [0.05, 0.1) is 18.0 Å². The summed E-state index contributed by atoms with van der Waals surface area (Å²) in [4.78, 5) is 3.98. The Bertz CT molecular complexity index is 635. The number of hydrogen-bond donors (Lipinski definition) is 3. The Morgan fingerprint density at radius 1 is 1.40 bits per heavy atom. The molecule has 0 aliphatic heterocycles. The van der Waals surface area contributed by atoms with Gasteiger partial charge in [-0.1, -0.05) is 15.9 Å². The molecule has 1 heterocycles. The number of aromatic nitrogens is 1. The van der Waals surface area contributed by atoms with Gasteiger partial charge < -0.3 is 15.5 Å². The van der Waals surface area contributed by atoms with Gasteiger partial charge >= 0.3 is 0 Å². The van der Waals surface area contributed by atoms with Crippen LogP contribution in [0, 0.1) is 12.7 Å². The second-order valence-corrected chi connectivity index (χ2v) is 5.25. The molecule has 0 saturated carbocycles. The van der Waals surface area contributed by atoms with Crippen molar-refractivity contribution in [3.63, 3.8) is 0 Å². The van der Waals surface area contributed by atoms with Crippen molar-refractivity contribution in [1.82, 2.24) is 4.98 Å². The van der Waals surface area contributed by atoms with Crippen LogP contribution in [0.4, 0.5) is 10.1 Å². The molecule has 0 fully saturated rings. The number of hydrogen-bond acceptors (Lipinski definition) is 4. The third-order valence-corrected chi connectivity index (χ3v) is 3.48. The summed E-state index contributed by atoms with van der Waals surface area (Å²) < 4.78 is 14.4. The van der Waals surface area contributed by atoms with Gasteiger partial charge in [-0.15, -0.1) is 0 Å². The zero-order valence-corrected chi connectivity index (χ0v) is 12.4. The lowest BCUT2D eigenvalue weighted by atomic mass is 10.1. The fraction of sp³-hybridized carbons (Fsp3) is 0.214. The van der Waals surface area contributed by atoms with Crippen molar-refractivity contribution in [2.45, 2.75) is 20.1 Å². The molecule has 0 atom stereocenters. The van der Waals surface area contributed by atoms with Crippen molar-refractivity contribution in [2.75, 3.05) is 5.32 Å². The molecule has 20 heavy (non-hydrogen) atoms. The van der Waals surface area contributed by atoms with Gasteiger partial charge in [0, 0.05) is 28.3 Å². The van der Waals surface area contributed by atoms with Crippen LogP contribution in [-0.2, 0) is 13.2 Å². The molecule has 0 bridgehead atoms. The monoisotopic (exact) mass is 340 g/mol. The second-order valence-electron chi connectivity index (χ2n) is 4.33. The molecule has 106 valence electrons. The maximum Gasteiger partial charge on any atom is 0.146 e. The summed E-state index contributed by atoms with van der Waals surface area (Å²) in [6, 6.07) is 4.56. The molecule has 1 aromatic carbocycles. The largest absolute Gasteiger partial charge is 0.506 e. The van der Waals surface area contributed by atoms with Crippen LogP contribution >= 0.6 is 15.9 Å². The normalized spacial score (nSPS) is 10.6. The van der Waals surface area contributed by atoms with Crippen molar-refractivity contribution < 1.29 is 14.6 Å². The maximum atomic E-state index is 13.6. The van der Waals surface area contributed by atoms with Gasteiger partial charge in [0.15, 0.2) is 0 Å².